The van der Waals surface area contributed by atoms with Gasteiger partial charge in [-0.05, 0) is 19.4 Å². The molecule has 9 heteroatoms. The van der Waals surface area contributed by atoms with Crippen LogP contribution in [-0.2, 0) is 4.79 Å². The highest BCUT2D eigenvalue weighted by atomic mass is 32.1. The van der Waals surface area contributed by atoms with Crippen molar-refractivity contribution < 1.29 is 9.72 Å². The van der Waals surface area contributed by atoms with Gasteiger partial charge in [-0.1, -0.05) is 35.9 Å². The van der Waals surface area contributed by atoms with Crippen LogP contribution in [0.3, 0.4) is 0 Å². The average molecular weight is 452 g/mol. The van der Waals surface area contributed by atoms with Gasteiger partial charge in [-0.25, -0.2) is 4.98 Å². The Balaban J connectivity index is 1.31. The number of anilines is 2. The number of carbonyl (C=O) groups excluding carboxylic acids is 1. The third-order valence-electron chi connectivity index (χ3n) is 5.56. The summed E-state index contributed by atoms with van der Waals surface area (Å²) < 4.78 is 0. The number of hydrogen-bond donors (Lipinski definition) is 1. The first kappa shape index (κ1) is 21.9. The van der Waals surface area contributed by atoms with Gasteiger partial charge in [0, 0.05) is 49.3 Å². The minimum Gasteiger partial charge on any atom is -0.346 e. The second-order valence-electron chi connectivity index (χ2n) is 7.95. The smallest absolute Gasteiger partial charge is 0.271 e. The highest BCUT2D eigenvalue weighted by Gasteiger charge is 2.22. The highest BCUT2D eigenvalue weighted by Crippen LogP contribution is 2.28. The topological polar surface area (TPSA) is 91.6 Å². The molecule has 1 aliphatic rings. The molecule has 32 heavy (non-hydrogen) atoms. The Hall–Kier alpha value is -3.30. The number of rotatable bonds is 6. The summed E-state index contributed by atoms with van der Waals surface area (Å²) in [5, 5.41) is 16.9. The number of amides is 1. The number of benzene rings is 2. The molecule has 0 radical (unpaired) electrons. The van der Waals surface area contributed by atoms with Crippen molar-refractivity contribution in [2.45, 2.75) is 13.8 Å². The third kappa shape index (κ3) is 5.12. The number of thiazole rings is 1. The summed E-state index contributed by atoms with van der Waals surface area (Å²) >= 11 is 1.64. The zero-order valence-electron chi connectivity index (χ0n) is 18.1. The van der Waals surface area contributed by atoms with E-state index in [1.54, 1.807) is 17.4 Å². The van der Waals surface area contributed by atoms with Gasteiger partial charge in [-0.15, -0.1) is 11.3 Å². The average Bonchev–Trinajstić information content (AvgIpc) is 3.26. The number of nitrogens with zero attached hydrogens (tertiary/aromatic N) is 4. The van der Waals surface area contributed by atoms with Crippen LogP contribution in [0.5, 0.6) is 0 Å². The van der Waals surface area contributed by atoms with E-state index in [0.29, 0.717) is 5.69 Å². The van der Waals surface area contributed by atoms with Gasteiger partial charge >= 0.3 is 0 Å². The normalized spacial score (nSPS) is 14.4. The van der Waals surface area contributed by atoms with E-state index in [0.717, 1.165) is 48.1 Å². The van der Waals surface area contributed by atoms with Crippen LogP contribution in [0.1, 0.15) is 11.1 Å². The molecular formula is C23H25N5O3S. The molecule has 0 unspecified atom stereocenters. The van der Waals surface area contributed by atoms with Crippen molar-refractivity contribution in [2.75, 3.05) is 42.9 Å². The molecule has 0 saturated carbocycles. The van der Waals surface area contributed by atoms with Crippen LogP contribution in [0.4, 0.5) is 16.5 Å². The minimum atomic E-state index is -0.461. The predicted molar refractivity (Wildman–Crippen MR) is 127 cm³/mol. The molecule has 1 amide bonds. The highest BCUT2D eigenvalue weighted by molar-refractivity contribution is 7.14. The number of aryl methyl sites for hydroxylation is 2. The fourth-order valence-electron chi connectivity index (χ4n) is 3.61. The monoisotopic (exact) mass is 451 g/mol. The van der Waals surface area contributed by atoms with E-state index in [2.05, 4.69) is 51.7 Å². The molecule has 0 aliphatic carbocycles. The molecule has 1 fully saturated rings. The van der Waals surface area contributed by atoms with E-state index in [-0.39, 0.29) is 18.1 Å². The summed E-state index contributed by atoms with van der Waals surface area (Å²) in [6, 6.07) is 12.8. The Kier molecular flexibility index (Phi) is 6.48. The summed E-state index contributed by atoms with van der Waals surface area (Å²) in [6.45, 7) is 7.23. The Morgan fingerprint density at radius 2 is 1.84 bits per heavy atom. The summed E-state index contributed by atoms with van der Waals surface area (Å²) in [5.74, 6) is -0.169. The molecule has 0 spiro atoms. The first-order chi connectivity index (χ1) is 15.4. The van der Waals surface area contributed by atoms with Gasteiger partial charge in [-0.2, -0.15) is 0 Å². The van der Waals surface area contributed by atoms with Crippen molar-refractivity contribution in [3.8, 4) is 11.3 Å². The molecule has 1 aromatic heterocycles. The summed E-state index contributed by atoms with van der Waals surface area (Å²) in [5.41, 5.74) is 4.57. The Bertz CT molecular complexity index is 1120. The summed E-state index contributed by atoms with van der Waals surface area (Å²) in [4.78, 5) is 32.2. The van der Waals surface area contributed by atoms with Gasteiger partial charge in [0.05, 0.1) is 22.8 Å². The zero-order chi connectivity index (χ0) is 22.7. The van der Waals surface area contributed by atoms with E-state index in [4.69, 9.17) is 4.98 Å². The van der Waals surface area contributed by atoms with Gasteiger partial charge in [0.2, 0.25) is 5.91 Å². The molecule has 0 atom stereocenters. The first-order valence-electron chi connectivity index (χ1n) is 10.4. The largest absolute Gasteiger partial charge is 0.346 e. The molecule has 1 saturated heterocycles. The number of carbonyl (C=O) groups is 1. The van der Waals surface area contributed by atoms with Gasteiger partial charge < -0.3 is 10.2 Å². The standard InChI is InChI=1S/C23H25N5O3S/c1-16-3-6-18(7-4-16)21-15-32-23(25-21)27-11-9-26(10-12-27)14-22(29)24-20-13-19(28(30)31)8-5-17(20)2/h3-8,13,15H,9-12,14H2,1-2H3,(H,24,29). The summed E-state index contributed by atoms with van der Waals surface area (Å²) in [7, 11) is 0. The van der Waals surface area contributed by atoms with E-state index in [9.17, 15) is 14.9 Å². The quantitative estimate of drug-likeness (QED) is 0.448. The van der Waals surface area contributed by atoms with E-state index in [1.165, 1.54) is 17.7 Å². The van der Waals surface area contributed by atoms with Gasteiger partial charge in [-0.3, -0.25) is 19.8 Å². The molecule has 2 heterocycles. The maximum absolute atomic E-state index is 12.5. The first-order valence-corrected chi connectivity index (χ1v) is 11.3. The number of piperazine rings is 1. The lowest BCUT2D eigenvalue weighted by Gasteiger charge is -2.34. The third-order valence-corrected chi connectivity index (χ3v) is 6.46. The lowest BCUT2D eigenvalue weighted by atomic mass is 10.1. The van der Waals surface area contributed by atoms with Crippen LogP contribution >= 0.6 is 11.3 Å². The predicted octanol–water partition coefficient (Wildman–Crippen LogP) is 4.10. The van der Waals surface area contributed by atoms with Crippen molar-refractivity contribution >= 4 is 33.8 Å². The van der Waals surface area contributed by atoms with E-state index < -0.39 is 4.92 Å². The van der Waals surface area contributed by atoms with Crippen LogP contribution in [0.2, 0.25) is 0 Å². The molecule has 4 rings (SSSR count). The van der Waals surface area contributed by atoms with Crippen molar-refractivity contribution in [2.24, 2.45) is 0 Å². The minimum absolute atomic E-state index is 0.0343. The molecule has 8 nitrogen and oxygen atoms in total. The van der Waals surface area contributed by atoms with Gasteiger partial charge in [0.1, 0.15) is 0 Å². The fourth-order valence-corrected chi connectivity index (χ4v) is 4.50. The Labute approximate surface area is 190 Å². The van der Waals surface area contributed by atoms with Crippen molar-refractivity contribution in [1.82, 2.24) is 9.88 Å². The SMILES string of the molecule is Cc1ccc(-c2csc(N3CCN(CC(=O)Nc4cc([N+](=O)[O-])ccc4C)CC3)n2)cc1. The van der Waals surface area contributed by atoms with Gasteiger partial charge in [0.15, 0.2) is 5.13 Å². The van der Waals surface area contributed by atoms with E-state index >= 15 is 0 Å². The van der Waals surface area contributed by atoms with Crippen LogP contribution in [0.15, 0.2) is 47.8 Å². The van der Waals surface area contributed by atoms with Crippen LogP contribution in [0, 0.1) is 24.0 Å². The summed E-state index contributed by atoms with van der Waals surface area (Å²) in [6.07, 6.45) is 0. The van der Waals surface area contributed by atoms with Crippen molar-refractivity contribution in [1.29, 1.82) is 0 Å². The van der Waals surface area contributed by atoms with Gasteiger partial charge in [0.25, 0.3) is 5.69 Å². The molecular weight excluding hydrogens is 426 g/mol. The zero-order valence-corrected chi connectivity index (χ0v) is 18.9. The maximum atomic E-state index is 12.5. The Morgan fingerprint density at radius 3 is 2.53 bits per heavy atom. The number of nitro benzene ring substituents is 1. The van der Waals surface area contributed by atoms with Crippen LogP contribution < -0.4 is 10.2 Å². The lowest BCUT2D eigenvalue weighted by Crippen LogP contribution is -2.48. The molecule has 3 aromatic rings. The molecule has 0 bridgehead atoms. The van der Waals surface area contributed by atoms with Crippen molar-refractivity contribution in [3.05, 3.63) is 69.1 Å². The van der Waals surface area contributed by atoms with Crippen LogP contribution in [0.25, 0.3) is 11.3 Å². The second kappa shape index (κ2) is 9.46. The molecule has 1 N–H and O–H groups in total. The number of nitro groups is 1. The molecule has 2 aromatic carbocycles. The molecule has 166 valence electrons. The lowest BCUT2D eigenvalue weighted by molar-refractivity contribution is -0.384. The van der Waals surface area contributed by atoms with Crippen LogP contribution in [-0.4, -0.2) is 53.4 Å². The number of hydrogen-bond acceptors (Lipinski definition) is 7. The number of aromatic nitrogens is 1. The Morgan fingerprint density at radius 1 is 1.12 bits per heavy atom. The molecule has 1 aliphatic heterocycles. The fraction of sp³-hybridized carbons (Fsp3) is 0.304. The second-order valence-corrected chi connectivity index (χ2v) is 8.79. The number of non-ortho nitro benzene ring substituents is 1. The maximum Gasteiger partial charge on any atom is 0.271 e. The van der Waals surface area contributed by atoms with Crippen molar-refractivity contribution in [3.63, 3.8) is 0 Å². The van der Waals surface area contributed by atoms with E-state index in [1.807, 2.05) is 6.92 Å². The number of nitrogens with one attached hydrogen (secondary N) is 1.